The molecule has 1 N–H and O–H groups in total. The number of nitrogens with one attached hydrogen (secondary N) is 1. The number of aryl methyl sites for hydroxylation is 1. The zero-order valence-corrected chi connectivity index (χ0v) is 14.7. The fraction of sp³-hybridized carbons (Fsp3) is 0.176. The second-order valence-corrected chi connectivity index (χ2v) is 6.57. The molecule has 22 heavy (non-hydrogen) atoms. The summed E-state index contributed by atoms with van der Waals surface area (Å²) in [5.74, 6) is 1.12. The fourth-order valence-electron chi connectivity index (χ4n) is 1.81. The van der Waals surface area contributed by atoms with Gasteiger partial charge in [-0.15, -0.1) is 11.8 Å². The van der Waals surface area contributed by atoms with Gasteiger partial charge in [0.25, 0.3) is 0 Å². The molecule has 0 aliphatic heterocycles. The lowest BCUT2D eigenvalue weighted by atomic mass is 10.1. The number of hydrogen-bond acceptors (Lipinski definition) is 3. The maximum atomic E-state index is 11.7. The number of halogens is 1. The quantitative estimate of drug-likeness (QED) is 0.607. The number of benzene rings is 2. The van der Waals surface area contributed by atoms with E-state index in [4.69, 9.17) is 0 Å². The summed E-state index contributed by atoms with van der Waals surface area (Å²) in [6.45, 7) is 2.08. The topological polar surface area (TPSA) is 41.5 Å². The van der Waals surface area contributed by atoms with Crippen LogP contribution < -0.4 is 5.43 Å². The van der Waals surface area contributed by atoms with Crippen LogP contribution in [0.1, 0.15) is 16.7 Å². The van der Waals surface area contributed by atoms with Crippen molar-refractivity contribution in [1.82, 2.24) is 5.43 Å². The Kier molecular flexibility index (Phi) is 6.68. The standard InChI is InChI=1S/C17H17BrN2OS/c1-13-6-2-3-8-15(13)11-22-12-17(21)20-19-10-14-7-4-5-9-16(14)18/h2-10H,11-12H2,1H3,(H,20,21)/b19-10-. The summed E-state index contributed by atoms with van der Waals surface area (Å²) in [5.41, 5.74) is 5.99. The third-order valence-electron chi connectivity index (χ3n) is 3.05. The number of carbonyl (C=O) groups excluding carboxylic acids is 1. The molecule has 1 amide bonds. The van der Waals surface area contributed by atoms with Crippen LogP contribution in [0.5, 0.6) is 0 Å². The van der Waals surface area contributed by atoms with Crippen molar-refractivity contribution in [2.45, 2.75) is 12.7 Å². The van der Waals surface area contributed by atoms with Crippen LogP contribution in [0.4, 0.5) is 0 Å². The first-order valence-corrected chi connectivity index (χ1v) is 8.80. The van der Waals surface area contributed by atoms with E-state index in [9.17, 15) is 4.79 Å². The van der Waals surface area contributed by atoms with Crippen LogP contribution in [0.2, 0.25) is 0 Å². The number of hydrogen-bond donors (Lipinski definition) is 1. The van der Waals surface area contributed by atoms with Gasteiger partial charge in [0.15, 0.2) is 0 Å². The minimum atomic E-state index is -0.0955. The third kappa shape index (κ3) is 5.31. The molecule has 0 saturated heterocycles. The lowest BCUT2D eigenvalue weighted by molar-refractivity contribution is -0.118. The Morgan fingerprint density at radius 2 is 1.95 bits per heavy atom. The highest BCUT2D eigenvalue weighted by Gasteiger charge is 2.02. The Morgan fingerprint density at radius 3 is 2.73 bits per heavy atom. The molecule has 0 unspecified atom stereocenters. The third-order valence-corrected chi connectivity index (χ3v) is 4.75. The van der Waals surface area contributed by atoms with Gasteiger partial charge in [0.1, 0.15) is 0 Å². The number of nitrogens with zero attached hydrogens (tertiary/aromatic N) is 1. The summed E-state index contributed by atoms with van der Waals surface area (Å²) in [7, 11) is 0. The molecule has 114 valence electrons. The van der Waals surface area contributed by atoms with Crippen molar-refractivity contribution in [3.8, 4) is 0 Å². The molecule has 2 rings (SSSR count). The van der Waals surface area contributed by atoms with Crippen molar-refractivity contribution in [3.63, 3.8) is 0 Å². The van der Waals surface area contributed by atoms with Gasteiger partial charge in [-0.05, 0) is 24.1 Å². The zero-order valence-electron chi connectivity index (χ0n) is 12.3. The summed E-state index contributed by atoms with van der Waals surface area (Å²) >= 11 is 5.01. The molecule has 0 aliphatic rings. The van der Waals surface area contributed by atoms with E-state index in [1.807, 2.05) is 36.4 Å². The van der Waals surface area contributed by atoms with Crippen molar-refractivity contribution < 1.29 is 4.79 Å². The molecule has 3 nitrogen and oxygen atoms in total. The van der Waals surface area contributed by atoms with Gasteiger partial charge in [-0.3, -0.25) is 4.79 Å². The Labute approximate surface area is 143 Å². The van der Waals surface area contributed by atoms with Crippen LogP contribution in [0.25, 0.3) is 0 Å². The van der Waals surface area contributed by atoms with E-state index in [1.54, 1.807) is 18.0 Å². The molecule has 2 aromatic carbocycles. The lowest BCUT2D eigenvalue weighted by Crippen LogP contribution is -2.19. The van der Waals surface area contributed by atoms with E-state index >= 15 is 0 Å². The van der Waals surface area contributed by atoms with Crippen LogP contribution in [0.3, 0.4) is 0 Å². The minimum Gasteiger partial charge on any atom is -0.272 e. The smallest absolute Gasteiger partial charge is 0.250 e. The van der Waals surface area contributed by atoms with E-state index < -0.39 is 0 Å². The fourth-order valence-corrected chi connectivity index (χ4v) is 3.09. The van der Waals surface area contributed by atoms with Crippen molar-refractivity contribution in [2.24, 2.45) is 5.10 Å². The van der Waals surface area contributed by atoms with Gasteiger partial charge in [0.2, 0.25) is 5.91 Å². The van der Waals surface area contributed by atoms with Gasteiger partial charge in [-0.2, -0.15) is 5.10 Å². The zero-order chi connectivity index (χ0) is 15.8. The lowest BCUT2D eigenvalue weighted by Gasteiger charge is -2.04. The largest absolute Gasteiger partial charge is 0.272 e. The Bertz CT molecular complexity index is 673. The molecule has 0 saturated carbocycles. The van der Waals surface area contributed by atoms with Crippen LogP contribution in [-0.2, 0) is 10.5 Å². The van der Waals surface area contributed by atoms with Crippen LogP contribution in [0, 0.1) is 6.92 Å². The first-order chi connectivity index (χ1) is 10.7. The van der Waals surface area contributed by atoms with E-state index in [1.165, 1.54) is 11.1 Å². The van der Waals surface area contributed by atoms with E-state index in [0.717, 1.165) is 15.8 Å². The normalized spacial score (nSPS) is 10.8. The molecule has 0 radical (unpaired) electrons. The van der Waals surface area contributed by atoms with Gasteiger partial charge in [-0.25, -0.2) is 5.43 Å². The van der Waals surface area contributed by atoms with Crippen molar-refractivity contribution in [2.75, 3.05) is 5.75 Å². The molecular formula is C17H17BrN2OS. The first kappa shape index (κ1) is 16.8. The first-order valence-electron chi connectivity index (χ1n) is 6.85. The van der Waals surface area contributed by atoms with Crippen molar-refractivity contribution in [1.29, 1.82) is 0 Å². The second-order valence-electron chi connectivity index (χ2n) is 4.73. The molecule has 0 spiro atoms. The number of amides is 1. The molecular weight excluding hydrogens is 360 g/mol. The molecule has 2 aromatic rings. The second kappa shape index (κ2) is 8.76. The van der Waals surface area contributed by atoms with Crippen LogP contribution in [-0.4, -0.2) is 17.9 Å². The molecule has 0 atom stereocenters. The van der Waals surface area contributed by atoms with Gasteiger partial charge >= 0.3 is 0 Å². The SMILES string of the molecule is Cc1ccccc1CSCC(=O)N/N=C\c1ccccc1Br. The molecule has 0 aliphatic carbocycles. The predicted octanol–water partition coefficient (Wildman–Crippen LogP) is 4.14. The predicted molar refractivity (Wildman–Crippen MR) is 97.2 cm³/mol. The maximum absolute atomic E-state index is 11.7. The Hall–Kier alpha value is -1.59. The maximum Gasteiger partial charge on any atom is 0.250 e. The minimum absolute atomic E-state index is 0.0955. The summed E-state index contributed by atoms with van der Waals surface area (Å²) in [6, 6.07) is 15.9. The molecule has 5 heteroatoms. The number of carbonyl (C=O) groups is 1. The summed E-state index contributed by atoms with van der Waals surface area (Å²) in [5, 5.41) is 3.98. The average Bonchev–Trinajstić information content (AvgIpc) is 2.51. The number of hydrazone groups is 1. The highest BCUT2D eigenvalue weighted by molar-refractivity contribution is 9.10. The molecule has 0 aromatic heterocycles. The Morgan fingerprint density at radius 1 is 1.23 bits per heavy atom. The number of rotatable bonds is 6. The van der Waals surface area contributed by atoms with E-state index in [0.29, 0.717) is 5.75 Å². The van der Waals surface area contributed by atoms with E-state index in [-0.39, 0.29) is 5.91 Å². The Balaban J connectivity index is 1.75. The van der Waals surface area contributed by atoms with E-state index in [2.05, 4.69) is 45.5 Å². The van der Waals surface area contributed by atoms with Crippen LogP contribution in [0.15, 0.2) is 58.1 Å². The van der Waals surface area contributed by atoms with Crippen LogP contribution >= 0.6 is 27.7 Å². The monoisotopic (exact) mass is 376 g/mol. The van der Waals surface area contributed by atoms with Gasteiger partial charge in [0, 0.05) is 15.8 Å². The highest BCUT2D eigenvalue weighted by Crippen LogP contribution is 2.15. The van der Waals surface area contributed by atoms with Gasteiger partial charge in [0.05, 0.1) is 12.0 Å². The van der Waals surface area contributed by atoms with Crippen molar-refractivity contribution >= 4 is 39.8 Å². The van der Waals surface area contributed by atoms with Gasteiger partial charge < -0.3 is 0 Å². The molecule has 0 fully saturated rings. The van der Waals surface area contributed by atoms with Crippen molar-refractivity contribution in [3.05, 3.63) is 69.7 Å². The number of thioether (sulfide) groups is 1. The average molecular weight is 377 g/mol. The summed E-state index contributed by atoms with van der Waals surface area (Å²) in [4.78, 5) is 11.7. The molecule has 0 bridgehead atoms. The van der Waals surface area contributed by atoms with Gasteiger partial charge in [-0.1, -0.05) is 58.4 Å². The highest BCUT2D eigenvalue weighted by atomic mass is 79.9. The molecule has 0 heterocycles. The summed E-state index contributed by atoms with van der Waals surface area (Å²) < 4.78 is 0.946. The summed E-state index contributed by atoms with van der Waals surface area (Å²) in [6.07, 6.45) is 1.63.